The molecule has 0 aliphatic carbocycles. The Balaban J connectivity index is 2.94. The standard InChI is InChI=1S/C13H13NO/c1-8-9(2)14-13(10(3)15)12-7-5-4-6-11(8)12/h4-7H,1-3H3. The van der Waals surface area contributed by atoms with E-state index in [0.717, 1.165) is 22.0 Å². The van der Waals surface area contributed by atoms with Crippen molar-refractivity contribution in [1.29, 1.82) is 0 Å². The summed E-state index contributed by atoms with van der Waals surface area (Å²) >= 11 is 0. The lowest BCUT2D eigenvalue weighted by Crippen LogP contribution is -2.02. The zero-order valence-electron chi connectivity index (χ0n) is 9.16. The third-order valence-electron chi connectivity index (χ3n) is 2.74. The Morgan fingerprint density at radius 3 is 2.33 bits per heavy atom. The number of ketones is 1. The van der Waals surface area contributed by atoms with Crippen molar-refractivity contribution in [2.75, 3.05) is 0 Å². The Morgan fingerprint density at radius 1 is 1.13 bits per heavy atom. The Bertz CT molecular complexity index is 543. The van der Waals surface area contributed by atoms with Crippen molar-refractivity contribution in [2.45, 2.75) is 20.8 Å². The number of carbonyl (C=O) groups is 1. The fraction of sp³-hybridized carbons (Fsp3) is 0.231. The summed E-state index contributed by atoms with van der Waals surface area (Å²) in [7, 11) is 0. The summed E-state index contributed by atoms with van der Waals surface area (Å²) in [5.41, 5.74) is 2.66. The quantitative estimate of drug-likeness (QED) is 0.661. The van der Waals surface area contributed by atoms with Crippen molar-refractivity contribution in [3.63, 3.8) is 0 Å². The topological polar surface area (TPSA) is 30.0 Å². The molecule has 76 valence electrons. The van der Waals surface area contributed by atoms with Crippen LogP contribution in [0.25, 0.3) is 10.8 Å². The summed E-state index contributed by atoms with van der Waals surface area (Å²) in [6.07, 6.45) is 0. The number of Topliss-reactive ketones (excluding diaryl/α,β-unsaturated/α-hetero) is 1. The van der Waals surface area contributed by atoms with E-state index in [-0.39, 0.29) is 5.78 Å². The highest BCUT2D eigenvalue weighted by Crippen LogP contribution is 2.23. The second kappa shape index (κ2) is 3.46. The summed E-state index contributed by atoms with van der Waals surface area (Å²) < 4.78 is 0. The molecule has 0 spiro atoms. The van der Waals surface area contributed by atoms with E-state index >= 15 is 0 Å². The molecule has 0 radical (unpaired) electrons. The molecule has 0 amide bonds. The van der Waals surface area contributed by atoms with Crippen molar-refractivity contribution < 1.29 is 4.79 Å². The molecule has 0 aliphatic heterocycles. The maximum atomic E-state index is 11.5. The van der Waals surface area contributed by atoms with E-state index in [1.54, 1.807) is 6.92 Å². The second-order valence-corrected chi connectivity index (χ2v) is 3.77. The van der Waals surface area contributed by atoms with Gasteiger partial charge in [0.1, 0.15) is 5.69 Å². The molecule has 0 atom stereocenters. The molecular formula is C13H13NO. The molecule has 0 N–H and O–H groups in total. The third-order valence-corrected chi connectivity index (χ3v) is 2.74. The Kier molecular flexibility index (Phi) is 2.27. The fourth-order valence-corrected chi connectivity index (χ4v) is 1.79. The highest BCUT2D eigenvalue weighted by Gasteiger charge is 2.10. The fourth-order valence-electron chi connectivity index (χ4n) is 1.79. The predicted molar refractivity (Wildman–Crippen MR) is 61.2 cm³/mol. The first-order chi connectivity index (χ1) is 7.11. The lowest BCUT2D eigenvalue weighted by atomic mass is 10.0. The number of carbonyl (C=O) groups excluding carboxylic acids is 1. The molecule has 2 nitrogen and oxygen atoms in total. The number of benzene rings is 1. The van der Waals surface area contributed by atoms with Crippen molar-refractivity contribution in [3.8, 4) is 0 Å². The molecule has 1 aromatic heterocycles. The van der Waals surface area contributed by atoms with E-state index in [1.165, 1.54) is 0 Å². The van der Waals surface area contributed by atoms with Crippen LogP contribution in [0.15, 0.2) is 24.3 Å². The lowest BCUT2D eigenvalue weighted by molar-refractivity contribution is 0.101. The monoisotopic (exact) mass is 199 g/mol. The van der Waals surface area contributed by atoms with Crippen molar-refractivity contribution >= 4 is 16.6 Å². The van der Waals surface area contributed by atoms with Gasteiger partial charge in [-0.05, 0) is 24.8 Å². The maximum absolute atomic E-state index is 11.5. The van der Waals surface area contributed by atoms with Gasteiger partial charge in [-0.2, -0.15) is 0 Å². The molecule has 0 saturated carbocycles. The summed E-state index contributed by atoms with van der Waals surface area (Å²) in [6, 6.07) is 7.90. The Hall–Kier alpha value is -1.70. The largest absolute Gasteiger partial charge is 0.293 e. The second-order valence-electron chi connectivity index (χ2n) is 3.77. The van der Waals surface area contributed by atoms with E-state index in [0.29, 0.717) is 5.69 Å². The average molecular weight is 199 g/mol. The highest BCUT2D eigenvalue weighted by atomic mass is 16.1. The first kappa shape index (κ1) is 9.84. The Morgan fingerprint density at radius 2 is 1.73 bits per heavy atom. The van der Waals surface area contributed by atoms with Crippen molar-refractivity contribution in [2.24, 2.45) is 0 Å². The van der Waals surface area contributed by atoms with E-state index in [9.17, 15) is 4.79 Å². The first-order valence-corrected chi connectivity index (χ1v) is 4.98. The van der Waals surface area contributed by atoms with Gasteiger partial charge in [0.2, 0.25) is 0 Å². The lowest BCUT2D eigenvalue weighted by Gasteiger charge is -2.08. The van der Waals surface area contributed by atoms with E-state index in [4.69, 9.17) is 0 Å². The zero-order chi connectivity index (χ0) is 11.0. The molecule has 1 aromatic carbocycles. The highest BCUT2D eigenvalue weighted by molar-refractivity contribution is 6.06. The Labute approximate surface area is 89.0 Å². The third kappa shape index (κ3) is 1.52. The normalized spacial score (nSPS) is 10.6. The molecule has 2 heteroatoms. The SMILES string of the molecule is CC(=O)c1nc(C)c(C)c2ccccc12. The smallest absolute Gasteiger partial charge is 0.178 e. The van der Waals surface area contributed by atoms with Gasteiger partial charge in [-0.25, -0.2) is 4.98 Å². The van der Waals surface area contributed by atoms with Gasteiger partial charge in [0.05, 0.1) is 0 Å². The summed E-state index contributed by atoms with van der Waals surface area (Å²) in [5, 5.41) is 2.07. The van der Waals surface area contributed by atoms with Gasteiger partial charge in [-0.3, -0.25) is 4.79 Å². The van der Waals surface area contributed by atoms with E-state index in [1.807, 2.05) is 38.1 Å². The van der Waals surface area contributed by atoms with Crippen LogP contribution in [0.4, 0.5) is 0 Å². The molecule has 0 bridgehead atoms. The van der Waals surface area contributed by atoms with Crippen LogP contribution in [0.5, 0.6) is 0 Å². The van der Waals surface area contributed by atoms with Crippen molar-refractivity contribution in [1.82, 2.24) is 4.98 Å². The number of pyridine rings is 1. The maximum Gasteiger partial charge on any atom is 0.178 e. The number of fused-ring (bicyclic) bond motifs is 1. The van der Waals surface area contributed by atoms with Crippen LogP contribution in [0.2, 0.25) is 0 Å². The number of hydrogen-bond acceptors (Lipinski definition) is 2. The van der Waals surface area contributed by atoms with Crippen LogP contribution >= 0.6 is 0 Å². The number of rotatable bonds is 1. The number of aromatic nitrogens is 1. The van der Waals surface area contributed by atoms with Crippen LogP contribution in [-0.4, -0.2) is 10.8 Å². The van der Waals surface area contributed by atoms with Crippen molar-refractivity contribution in [3.05, 3.63) is 41.2 Å². The van der Waals surface area contributed by atoms with Gasteiger partial charge >= 0.3 is 0 Å². The van der Waals surface area contributed by atoms with Crippen LogP contribution < -0.4 is 0 Å². The van der Waals surface area contributed by atoms with Crippen LogP contribution in [0, 0.1) is 13.8 Å². The molecule has 2 rings (SSSR count). The molecule has 2 aromatic rings. The van der Waals surface area contributed by atoms with Crippen LogP contribution in [0.3, 0.4) is 0 Å². The van der Waals surface area contributed by atoms with Crippen LogP contribution in [-0.2, 0) is 0 Å². The zero-order valence-corrected chi connectivity index (χ0v) is 9.16. The van der Waals surface area contributed by atoms with Gasteiger partial charge in [0.25, 0.3) is 0 Å². The molecule has 0 aliphatic rings. The summed E-state index contributed by atoms with van der Waals surface area (Å²) in [5.74, 6) is 0.0225. The molecule has 0 unspecified atom stereocenters. The van der Waals surface area contributed by atoms with Crippen LogP contribution in [0.1, 0.15) is 28.7 Å². The molecule has 1 heterocycles. The minimum atomic E-state index is 0.0225. The van der Waals surface area contributed by atoms with Gasteiger partial charge in [0, 0.05) is 18.0 Å². The summed E-state index contributed by atoms with van der Waals surface area (Å²) in [6.45, 7) is 5.53. The van der Waals surface area contributed by atoms with Gasteiger partial charge in [-0.1, -0.05) is 24.3 Å². The minimum absolute atomic E-state index is 0.0225. The number of hydrogen-bond donors (Lipinski definition) is 0. The van der Waals surface area contributed by atoms with E-state index < -0.39 is 0 Å². The van der Waals surface area contributed by atoms with Gasteiger partial charge in [-0.15, -0.1) is 0 Å². The first-order valence-electron chi connectivity index (χ1n) is 4.98. The molecular weight excluding hydrogens is 186 g/mol. The van der Waals surface area contributed by atoms with Gasteiger partial charge < -0.3 is 0 Å². The number of nitrogens with zero attached hydrogens (tertiary/aromatic N) is 1. The average Bonchev–Trinajstić information content (AvgIpc) is 2.23. The molecule has 15 heavy (non-hydrogen) atoms. The minimum Gasteiger partial charge on any atom is -0.293 e. The molecule has 0 fully saturated rings. The molecule has 0 saturated heterocycles. The summed E-state index contributed by atoms with van der Waals surface area (Å²) in [4.78, 5) is 15.8. The number of aryl methyl sites for hydroxylation is 2. The predicted octanol–water partition coefficient (Wildman–Crippen LogP) is 3.05. The van der Waals surface area contributed by atoms with E-state index in [2.05, 4.69) is 4.98 Å². The van der Waals surface area contributed by atoms with Gasteiger partial charge in [0.15, 0.2) is 5.78 Å².